The van der Waals surface area contributed by atoms with Gasteiger partial charge in [0.2, 0.25) is 0 Å². The van der Waals surface area contributed by atoms with Gasteiger partial charge >= 0.3 is 10.2 Å². The third-order valence-electron chi connectivity index (χ3n) is 3.08. The number of aromatic nitrogens is 2. The molecule has 110 valence electrons. The third-order valence-corrected chi connectivity index (χ3v) is 4.47. The van der Waals surface area contributed by atoms with Crippen molar-refractivity contribution < 1.29 is 18.3 Å². The van der Waals surface area contributed by atoms with E-state index in [2.05, 4.69) is 10.2 Å². The summed E-state index contributed by atoms with van der Waals surface area (Å²) in [6, 6.07) is 6.43. The van der Waals surface area contributed by atoms with Gasteiger partial charge in [0.15, 0.2) is 0 Å². The Kier molecular flexibility index (Phi) is 3.05. The molecule has 0 atom stereocenters. The lowest BCUT2D eigenvalue weighted by molar-refractivity contribution is -0.117. The summed E-state index contributed by atoms with van der Waals surface area (Å²) in [7, 11) is -3.92. The number of hydrogen-bond acceptors (Lipinski definition) is 5. The number of anilines is 1. The second-order valence-corrected chi connectivity index (χ2v) is 6.21. The molecule has 0 unspecified atom stereocenters. The van der Waals surface area contributed by atoms with Crippen LogP contribution in [0.2, 0.25) is 0 Å². The molecule has 1 saturated heterocycles. The van der Waals surface area contributed by atoms with Crippen LogP contribution in [-0.4, -0.2) is 36.2 Å². The minimum absolute atomic E-state index is 0.0710. The van der Waals surface area contributed by atoms with E-state index in [0.29, 0.717) is 6.42 Å². The van der Waals surface area contributed by atoms with Crippen LogP contribution in [0.1, 0.15) is 11.3 Å². The summed E-state index contributed by atoms with van der Waals surface area (Å²) < 4.78 is 26.2. The van der Waals surface area contributed by atoms with Gasteiger partial charge in [0.25, 0.3) is 5.91 Å². The van der Waals surface area contributed by atoms with E-state index in [4.69, 9.17) is 0 Å². The molecule has 2 aromatic rings. The number of nitrogens with zero attached hydrogens (tertiary/aromatic N) is 2. The second-order valence-electron chi connectivity index (χ2n) is 4.62. The van der Waals surface area contributed by atoms with Crippen LogP contribution in [-0.2, 0) is 21.4 Å². The molecule has 0 bridgehead atoms. The van der Waals surface area contributed by atoms with Crippen molar-refractivity contribution >= 4 is 21.8 Å². The van der Waals surface area contributed by atoms with Crippen LogP contribution in [0.15, 0.2) is 30.5 Å². The van der Waals surface area contributed by atoms with E-state index >= 15 is 0 Å². The molecule has 0 radical (unpaired) electrons. The Morgan fingerprint density at radius 3 is 2.71 bits per heavy atom. The van der Waals surface area contributed by atoms with Crippen molar-refractivity contribution in [3.8, 4) is 5.75 Å². The van der Waals surface area contributed by atoms with Crippen LogP contribution >= 0.6 is 0 Å². The molecular formula is C12H12N4O4S. The van der Waals surface area contributed by atoms with Gasteiger partial charge in [0.05, 0.1) is 5.69 Å². The quantitative estimate of drug-likeness (QED) is 0.731. The number of hydrogen-bond donors (Lipinski definition) is 3. The van der Waals surface area contributed by atoms with E-state index < -0.39 is 16.1 Å². The summed E-state index contributed by atoms with van der Waals surface area (Å²) in [5.74, 6) is -0.831. The van der Waals surface area contributed by atoms with Crippen LogP contribution in [0.4, 0.5) is 5.69 Å². The number of carbonyl (C=O) groups excluding carboxylic acids is 1. The van der Waals surface area contributed by atoms with Gasteiger partial charge in [-0.1, -0.05) is 6.07 Å². The molecule has 2 heterocycles. The molecule has 1 aliphatic heterocycles. The Bertz CT molecular complexity index is 786. The molecule has 0 aliphatic carbocycles. The van der Waals surface area contributed by atoms with E-state index in [9.17, 15) is 18.3 Å². The van der Waals surface area contributed by atoms with E-state index in [1.165, 1.54) is 12.1 Å². The first-order valence-corrected chi connectivity index (χ1v) is 7.53. The molecule has 21 heavy (non-hydrogen) atoms. The van der Waals surface area contributed by atoms with Crippen molar-refractivity contribution in [2.75, 3.05) is 10.8 Å². The number of phenolic OH excluding ortho intramolecular Hbond substituents is 1. The number of phenols is 1. The average Bonchev–Trinajstić information content (AvgIpc) is 2.97. The van der Waals surface area contributed by atoms with E-state index in [1.54, 1.807) is 18.3 Å². The predicted molar refractivity (Wildman–Crippen MR) is 73.9 cm³/mol. The lowest BCUT2D eigenvalue weighted by Gasteiger charge is -2.16. The zero-order chi connectivity index (χ0) is 15.0. The molecule has 1 aromatic heterocycles. The fourth-order valence-corrected chi connectivity index (χ4v) is 3.32. The number of carbonyl (C=O) groups is 1. The highest BCUT2D eigenvalue weighted by atomic mass is 32.2. The third kappa shape index (κ3) is 2.55. The molecule has 1 fully saturated rings. The van der Waals surface area contributed by atoms with Gasteiger partial charge in [-0.3, -0.25) is 9.89 Å². The number of aromatic hydroxyl groups is 1. The molecule has 9 heteroatoms. The maximum Gasteiger partial charge on any atom is 0.326 e. The zero-order valence-corrected chi connectivity index (χ0v) is 11.6. The maximum atomic E-state index is 11.7. The normalized spacial score (nSPS) is 17.0. The molecule has 8 nitrogen and oxygen atoms in total. The van der Waals surface area contributed by atoms with Gasteiger partial charge in [-0.2, -0.15) is 13.5 Å². The number of aromatic amines is 1. The zero-order valence-electron chi connectivity index (χ0n) is 10.8. The van der Waals surface area contributed by atoms with Crippen molar-refractivity contribution in [2.45, 2.75) is 6.42 Å². The van der Waals surface area contributed by atoms with Gasteiger partial charge in [-0.25, -0.2) is 9.03 Å². The van der Waals surface area contributed by atoms with E-state index in [1.807, 2.05) is 4.72 Å². The lowest BCUT2D eigenvalue weighted by atomic mass is 10.1. The first kappa shape index (κ1) is 13.4. The highest BCUT2D eigenvalue weighted by molar-refractivity contribution is 7.92. The van der Waals surface area contributed by atoms with Gasteiger partial charge in [0.1, 0.15) is 12.3 Å². The Morgan fingerprint density at radius 2 is 2.14 bits per heavy atom. The maximum absolute atomic E-state index is 11.7. The first-order chi connectivity index (χ1) is 9.95. The molecule has 1 aromatic carbocycles. The van der Waals surface area contributed by atoms with Crippen LogP contribution < -0.4 is 9.03 Å². The van der Waals surface area contributed by atoms with Crippen LogP contribution in [0.3, 0.4) is 0 Å². The summed E-state index contributed by atoms with van der Waals surface area (Å²) in [5, 5.41) is 16.7. The van der Waals surface area contributed by atoms with Crippen LogP contribution in [0, 0.1) is 0 Å². The van der Waals surface area contributed by atoms with Gasteiger partial charge < -0.3 is 5.11 Å². The number of H-pyrrole nitrogens is 1. The minimum atomic E-state index is -3.92. The van der Waals surface area contributed by atoms with Crippen molar-refractivity contribution in [3.63, 3.8) is 0 Å². The molecule has 0 spiro atoms. The fourth-order valence-electron chi connectivity index (χ4n) is 2.15. The molecule has 0 saturated carbocycles. The van der Waals surface area contributed by atoms with Crippen molar-refractivity contribution in [1.29, 1.82) is 0 Å². The Hall–Kier alpha value is -2.55. The number of nitrogens with one attached hydrogen (secondary N) is 2. The Labute approximate surface area is 120 Å². The lowest BCUT2D eigenvalue weighted by Crippen LogP contribution is -2.29. The number of benzene rings is 1. The number of rotatable bonds is 3. The molecule has 1 amide bonds. The fraction of sp³-hybridized carbons (Fsp3) is 0.167. The molecular weight excluding hydrogens is 296 g/mol. The topological polar surface area (TPSA) is 115 Å². The summed E-state index contributed by atoms with van der Waals surface area (Å²) >= 11 is 0. The van der Waals surface area contributed by atoms with E-state index in [0.717, 1.165) is 15.6 Å². The second kappa shape index (κ2) is 4.77. The molecule has 3 rings (SSSR count). The summed E-state index contributed by atoms with van der Waals surface area (Å²) in [6.07, 6.45) is 2.15. The largest absolute Gasteiger partial charge is 0.506 e. The van der Waals surface area contributed by atoms with Crippen LogP contribution in [0.25, 0.3) is 0 Å². The van der Waals surface area contributed by atoms with Gasteiger partial charge in [0, 0.05) is 18.3 Å². The SMILES string of the molecule is O=C1CN(c2ccc(Cc3ccn[nH]3)cc2O)S(=O)(=O)N1. The van der Waals surface area contributed by atoms with Crippen molar-refractivity contribution in [3.05, 3.63) is 41.7 Å². The highest BCUT2D eigenvalue weighted by Gasteiger charge is 2.35. The van der Waals surface area contributed by atoms with Crippen molar-refractivity contribution in [2.24, 2.45) is 0 Å². The van der Waals surface area contributed by atoms with Gasteiger partial charge in [-0.05, 0) is 23.8 Å². The minimum Gasteiger partial charge on any atom is -0.506 e. The summed E-state index contributed by atoms with van der Waals surface area (Å²) in [6.45, 7) is -0.338. The Balaban J connectivity index is 1.90. The van der Waals surface area contributed by atoms with Gasteiger partial charge in [-0.15, -0.1) is 0 Å². The van der Waals surface area contributed by atoms with Crippen LogP contribution in [0.5, 0.6) is 5.75 Å². The molecule has 3 N–H and O–H groups in total. The average molecular weight is 308 g/mol. The monoisotopic (exact) mass is 308 g/mol. The number of amides is 1. The molecule has 1 aliphatic rings. The standard InChI is InChI=1S/C12H12N4O4S/c17-11-6-8(5-9-3-4-13-14-9)1-2-10(11)16-7-12(18)15-21(16,19)20/h1-4,6,17H,5,7H2,(H,13,14)(H,15,18). The summed E-state index contributed by atoms with van der Waals surface area (Å²) in [5.41, 5.74) is 1.73. The predicted octanol–water partition coefficient (Wildman–Crippen LogP) is -0.113. The van der Waals surface area contributed by atoms with Crippen molar-refractivity contribution in [1.82, 2.24) is 14.9 Å². The Morgan fingerprint density at radius 1 is 1.33 bits per heavy atom. The summed E-state index contributed by atoms with van der Waals surface area (Å²) in [4.78, 5) is 11.2. The smallest absolute Gasteiger partial charge is 0.326 e. The first-order valence-electron chi connectivity index (χ1n) is 6.09. The highest BCUT2D eigenvalue weighted by Crippen LogP contribution is 2.31. The van der Waals surface area contributed by atoms with E-state index in [-0.39, 0.29) is 18.0 Å².